The zero-order valence-corrected chi connectivity index (χ0v) is 9.09. The van der Waals surface area contributed by atoms with Crippen LogP contribution in [-0.4, -0.2) is 0 Å². The standard InChI is InChI=1S/C14H18/c1-5-13-6-8-14(9-7-13)10-12(4)11(2)3/h5-9,12H,1-2,10H2,3-4H3/t12-/m0/s1. The van der Waals surface area contributed by atoms with E-state index in [-0.39, 0.29) is 0 Å². The van der Waals surface area contributed by atoms with Gasteiger partial charge in [-0.2, -0.15) is 0 Å². The Labute approximate surface area is 87.0 Å². The van der Waals surface area contributed by atoms with Crippen LogP contribution in [0.1, 0.15) is 25.0 Å². The topological polar surface area (TPSA) is 0 Å². The Morgan fingerprint density at radius 1 is 1.36 bits per heavy atom. The molecule has 0 N–H and O–H groups in total. The Morgan fingerprint density at radius 2 is 1.93 bits per heavy atom. The lowest BCUT2D eigenvalue weighted by Gasteiger charge is -2.10. The summed E-state index contributed by atoms with van der Waals surface area (Å²) in [6.45, 7) is 12.0. The minimum absolute atomic E-state index is 0.560. The number of hydrogen-bond donors (Lipinski definition) is 0. The molecule has 0 spiro atoms. The summed E-state index contributed by atoms with van der Waals surface area (Å²) in [5.41, 5.74) is 3.79. The van der Waals surface area contributed by atoms with E-state index < -0.39 is 0 Å². The third-order valence-corrected chi connectivity index (χ3v) is 2.60. The van der Waals surface area contributed by atoms with Gasteiger partial charge in [-0.3, -0.25) is 0 Å². The largest absolute Gasteiger partial charge is 0.0999 e. The molecule has 0 aromatic heterocycles. The van der Waals surface area contributed by atoms with Crippen LogP contribution < -0.4 is 0 Å². The molecule has 74 valence electrons. The van der Waals surface area contributed by atoms with Gasteiger partial charge in [0.1, 0.15) is 0 Å². The fourth-order valence-electron chi connectivity index (χ4n) is 1.32. The zero-order valence-electron chi connectivity index (χ0n) is 9.09. The lowest BCUT2D eigenvalue weighted by atomic mass is 9.95. The van der Waals surface area contributed by atoms with Gasteiger partial charge in [-0.1, -0.05) is 56.0 Å². The summed E-state index contributed by atoms with van der Waals surface area (Å²) < 4.78 is 0. The van der Waals surface area contributed by atoms with Gasteiger partial charge in [0.15, 0.2) is 0 Å². The van der Waals surface area contributed by atoms with Crippen molar-refractivity contribution in [2.24, 2.45) is 5.92 Å². The summed E-state index contributed by atoms with van der Waals surface area (Å²) >= 11 is 0. The molecule has 0 heterocycles. The van der Waals surface area contributed by atoms with E-state index in [0.717, 1.165) is 6.42 Å². The van der Waals surface area contributed by atoms with Crippen LogP contribution in [0.4, 0.5) is 0 Å². The monoisotopic (exact) mass is 186 g/mol. The Hall–Kier alpha value is -1.30. The SMILES string of the molecule is C=Cc1ccc(C[C@H](C)C(=C)C)cc1. The van der Waals surface area contributed by atoms with Crippen LogP contribution in [0.3, 0.4) is 0 Å². The van der Waals surface area contributed by atoms with Crippen molar-refractivity contribution in [2.45, 2.75) is 20.3 Å². The Morgan fingerprint density at radius 3 is 2.36 bits per heavy atom. The van der Waals surface area contributed by atoms with Crippen molar-refractivity contribution in [3.63, 3.8) is 0 Å². The molecule has 0 heteroatoms. The molecule has 0 nitrogen and oxygen atoms in total. The first kappa shape index (κ1) is 10.8. The number of rotatable bonds is 4. The Bertz CT molecular complexity index is 316. The van der Waals surface area contributed by atoms with Gasteiger partial charge in [-0.05, 0) is 30.4 Å². The molecule has 14 heavy (non-hydrogen) atoms. The fraction of sp³-hybridized carbons (Fsp3) is 0.286. The second-order valence-electron chi connectivity index (χ2n) is 3.90. The van der Waals surface area contributed by atoms with Gasteiger partial charge in [-0.25, -0.2) is 0 Å². The predicted octanol–water partition coefficient (Wildman–Crippen LogP) is 4.08. The second kappa shape index (κ2) is 4.80. The molecule has 0 saturated carbocycles. The van der Waals surface area contributed by atoms with Crippen molar-refractivity contribution < 1.29 is 0 Å². The van der Waals surface area contributed by atoms with Crippen LogP contribution in [0.2, 0.25) is 0 Å². The summed E-state index contributed by atoms with van der Waals surface area (Å²) in [6, 6.07) is 8.54. The molecule has 0 aliphatic carbocycles. The van der Waals surface area contributed by atoms with Crippen molar-refractivity contribution in [3.8, 4) is 0 Å². The highest BCUT2D eigenvalue weighted by Crippen LogP contribution is 2.15. The molecule has 0 unspecified atom stereocenters. The van der Waals surface area contributed by atoms with Gasteiger partial charge in [0, 0.05) is 0 Å². The lowest BCUT2D eigenvalue weighted by molar-refractivity contribution is 0.680. The maximum atomic E-state index is 3.97. The molecular weight excluding hydrogens is 168 g/mol. The molecule has 0 bridgehead atoms. The van der Waals surface area contributed by atoms with Crippen molar-refractivity contribution in [1.29, 1.82) is 0 Å². The third kappa shape index (κ3) is 2.88. The quantitative estimate of drug-likeness (QED) is 0.621. The average molecular weight is 186 g/mol. The Kier molecular flexibility index (Phi) is 3.70. The third-order valence-electron chi connectivity index (χ3n) is 2.60. The average Bonchev–Trinajstić information content (AvgIpc) is 2.19. The van der Waals surface area contributed by atoms with E-state index in [9.17, 15) is 0 Å². The van der Waals surface area contributed by atoms with Crippen LogP contribution in [0, 0.1) is 5.92 Å². The smallest absolute Gasteiger partial charge is 0.0197 e. The molecule has 0 amide bonds. The molecule has 0 radical (unpaired) electrons. The zero-order chi connectivity index (χ0) is 10.6. The second-order valence-corrected chi connectivity index (χ2v) is 3.90. The van der Waals surface area contributed by atoms with Gasteiger partial charge in [-0.15, -0.1) is 0 Å². The van der Waals surface area contributed by atoms with E-state index in [0.29, 0.717) is 5.92 Å². The normalized spacial score (nSPS) is 12.1. The highest BCUT2D eigenvalue weighted by molar-refractivity contribution is 5.47. The molecule has 1 aromatic carbocycles. The van der Waals surface area contributed by atoms with E-state index >= 15 is 0 Å². The summed E-state index contributed by atoms with van der Waals surface area (Å²) in [7, 11) is 0. The van der Waals surface area contributed by atoms with E-state index in [1.807, 2.05) is 6.08 Å². The van der Waals surface area contributed by atoms with Crippen LogP contribution >= 0.6 is 0 Å². The van der Waals surface area contributed by atoms with Crippen molar-refractivity contribution in [3.05, 3.63) is 54.1 Å². The van der Waals surface area contributed by atoms with E-state index in [1.54, 1.807) is 0 Å². The number of hydrogen-bond acceptors (Lipinski definition) is 0. The van der Waals surface area contributed by atoms with Gasteiger partial charge in [0.05, 0.1) is 0 Å². The molecule has 1 atom stereocenters. The molecule has 0 fully saturated rings. The lowest BCUT2D eigenvalue weighted by Crippen LogP contribution is -1.99. The van der Waals surface area contributed by atoms with E-state index in [1.165, 1.54) is 16.7 Å². The van der Waals surface area contributed by atoms with Crippen LogP contribution in [-0.2, 0) is 6.42 Å². The van der Waals surface area contributed by atoms with E-state index in [2.05, 4.69) is 51.3 Å². The maximum absolute atomic E-state index is 3.97. The summed E-state index contributed by atoms with van der Waals surface area (Å²) in [6.07, 6.45) is 2.94. The van der Waals surface area contributed by atoms with Crippen LogP contribution in [0.5, 0.6) is 0 Å². The van der Waals surface area contributed by atoms with Gasteiger partial charge < -0.3 is 0 Å². The highest BCUT2D eigenvalue weighted by atomic mass is 14.1. The minimum atomic E-state index is 0.560. The van der Waals surface area contributed by atoms with E-state index in [4.69, 9.17) is 0 Å². The van der Waals surface area contributed by atoms with Crippen molar-refractivity contribution in [1.82, 2.24) is 0 Å². The molecule has 1 rings (SSSR count). The summed E-state index contributed by atoms with van der Waals surface area (Å²) in [5.74, 6) is 0.560. The van der Waals surface area contributed by atoms with Gasteiger partial charge in [0.2, 0.25) is 0 Å². The molecule has 0 aliphatic heterocycles. The summed E-state index contributed by atoms with van der Waals surface area (Å²) in [4.78, 5) is 0. The predicted molar refractivity (Wildman–Crippen MR) is 64.2 cm³/mol. The van der Waals surface area contributed by atoms with Crippen LogP contribution in [0.25, 0.3) is 6.08 Å². The maximum Gasteiger partial charge on any atom is -0.0197 e. The Balaban J connectivity index is 2.68. The number of benzene rings is 1. The van der Waals surface area contributed by atoms with Gasteiger partial charge in [0.25, 0.3) is 0 Å². The molecule has 0 aliphatic rings. The van der Waals surface area contributed by atoms with Gasteiger partial charge >= 0.3 is 0 Å². The molecular formula is C14H18. The first-order chi connectivity index (χ1) is 6.63. The highest BCUT2D eigenvalue weighted by Gasteiger charge is 2.03. The minimum Gasteiger partial charge on any atom is -0.0999 e. The van der Waals surface area contributed by atoms with Crippen molar-refractivity contribution >= 4 is 6.08 Å². The number of allylic oxidation sites excluding steroid dienone is 1. The van der Waals surface area contributed by atoms with Crippen molar-refractivity contribution in [2.75, 3.05) is 0 Å². The molecule has 0 saturated heterocycles. The summed E-state index contributed by atoms with van der Waals surface area (Å²) in [5, 5.41) is 0. The molecule has 1 aromatic rings. The first-order valence-corrected chi connectivity index (χ1v) is 5.00. The first-order valence-electron chi connectivity index (χ1n) is 5.00. The van der Waals surface area contributed by atoms with Crippen LogP contribution in [0.15, 0.2) is 43.0 Å². The fourth-order valence-corrected chi connectivity index (χ4v) is 1.32.